The Morgan fingerprint density at radius 2 is 1.71 bits per heavy atom. The Balaban J connectivity index is 0.885. The third kappa shape index (κ3) is 7.33. The molecule has 4 heterocycles. The molecule has 0 radical (unpaired) electrons. The summed E-state index contributed by atoms with van der Waals surface area (Å²) in [5, 5.41) is 15.2. The second kappa shape index (κ2) is 16.9. The second-order valence-corrected chi connectivity index (χ2v) is 17.6. The summed E-state index contributed by atoms with van der Waals surface area (Å²) >= 11 is 12.8. The number of unbranched alkanes of at least 4 members (excludes halogenated alkanes) is 1. The van der Waals surface area contributed by atoms with Crippen molar-refractivity contribution in [2.45, 2.75) is 93.3 Å². The van der Waals surface area contributed by atoms with E-state index in [0.717, 1.165) is 24.8 Å². The molecule has 6 amide bonds. The minimum Gasteiger partial charge on any atom is -0.352 e. The molecule has 63 heavy (non-hydrogen) atoms. The largest absolute Gasteiger partial charge is 0.352 e. The highest BCUT2D eigenvalue weighted by Gasteiger charge is 2.72. The maximum Gasteiger partial charge on any atom is 0.255 e. The average molecular weight is 890 g/mol. The van der Waals surface area contributed by atoms with Crippen LogP contribution in [0.15, 0.2) is 78.9 Å². The normalized spacial score (nSPS) is 23.2. The third-order valence-electron chi connectivity index (χ3n) is 13.3. The first kappa shape index (κ1) is 42.2. The van der Waals surface area contributed by atoms with Crippen molar-refractivity contribution < 1.29 is 33.2 Å². The number of nitrogens with one attached hydrogen (secondary N) is 5. The molecule has 2 saturated heterocycles. The Morgan fingerprint density at radius 1 is 0.921 bits per heavy atom. The monoisotopic (exact) mass is 888 g/mol. The van der Waals surface area contributed by atoms with Crippen LogP contribution in [0, 0.1) is 17.7 Å². The van der Waals surface area contributed by atoms with Crippen LogP contribution in [0.25, 0.3) is 0 Å². The highest BCUT2D eigenvalue weighted by Crippen LogP contribution is 2.63. The van der Waals surface area contributed by atoms with Crippen LogP contribution in [0.1, 0.15) is 107 Å². The highest BCUT2D eigenvalue weighted by molar-refractivity contribution is 6.31. The molecule has 1 unspecified atom stereocenters. The van der Waals surface area contributed by atoms with E-state index in [1.807, 2.05) is 6.07 Å². The zero-order valence-electron chi connectivity index (χ0n) is 34.0. The van der Waals surface area contributed by atoms with Crippen LogP contribution >= 0.6 is 23.2 Å². The van der Waals surface area contributed by atoms with Crippen molar-refractivity contribution in [1.82, 2.24) is 20.9 Å². The first-order chi connectivity index (χ1) is 30.4. The van der Waals surface area contributed by atoms with Gasteiger partial charge in [-0.3, -0.25) is 39.4 Å². The number of amides is 6. The zero-order valence-corrected chi connectivity index (χ0v) is 35.6. The Bertz CT molecular complexity index is 2670. The summed E-state index contributed by atoms with van der Waals surface area (Å²) in [6.45, 7) is 0.540. The van der Waals surface area contributed by atoms with E-state index < -0.39 is 46.6 Å². The van der Waals surface area contributed by atoms with E-state index in [9.17, 15) is 28.8 Å². The van der Waals surface area contributed by atoms with Gasteiger partial charge in [0.2, 0.25) is 23.6 Å². The molecule has 5 aliphatic rings. The summed E-state index contributed by atoms with van der Waals surface area (Å²) in [5.41, 5.74) is 1.59. The number of rotatable bonds is 8. The molecule has 12 nitrogen and oxygen atoms in total. The molecule has 322 valence electrons. The molecular weight excluding hydrogens is 846 g/mol. The quantitative estimate of drug-likeness (QED) is 0.0743. The van der Waals surface area contributed by atoms with Crippen LogP contribution in [-0.2, 0) is 31.1 Å². The van der Waals surface area contributed by atoms with Gasteiger partial charge in [0.15, 0.2) is 0 Å². The highest BCUT2D eigenvalue weighted by atomic mass is 35.5. The number of anilines is 2. The van der Waals surface area contributed by atoms with Crippen molar-refractivity contribution in [2.24, 2.45) is 0 Å². The number of piperidine rings is 1. The van der Waals surface area contributed by atoms with Crippen molar-refractivity contribution in [3.8, 4) is 11.8 Å². The molecule has 4 aromatic carbocycles. The molecule has 4 aliphatic heterocycles. The Labute approximate surface area is 373 Å². The number of nitrogens with zero attached hydrogens (tertiary/aromatic N) is 1. The fourth-order valence-corrected chi connectivity index (χ4v) is 10.9. The van der Waals surface area contributed by atoms with Crippen molar-refractivity contribution in [1.29, 1.82) is 0 Å². The zero-order chi connectivity index (χ0) is 44.0. The van der Waals surface area contributed by atoms with Gasteiger partial charge in [0, 0.05) is 70.5 Å². The van der Waals surface area contributed by atoms with Crippen molar-refractivity contribution in [2.75, 3.05) is 17.2 Å². The number of benzene rings is 4. The van der Waals surface area contributed by atoms with E-state index >= 15 is 4.39 Å². The molecule has 3 fully saturated rings. The molecule has 15 heteroatoms. The number of fused-ring (bicyclic) bond motifs is 4. The van der Waals surface area contributed by atoms with Crippen LogP contribution in [0.4, 0.5) is 15.8 Å². The second-order valence-electron chi connectivity index (χ2n) is 16.8. The summed E-state index contributed by atoms with van der Waals surface area (Å²) in [6.07, 6.45) is 5.15. The number of hydrogen-bond acceptors (Lipinski definition) is 7. The third-order valence-corrected chi connectivity index (χ3v) is 13.8. The Hall–Kier alpha value is -6.07. The Kier molecular flexibility index (Phi) is 11.3. The van der Waals surface area contributed by atoms with Gasteiger partial charge in [-0.1, -0.05) is 84.6 Å². The number of halogens is 3. The molecule has 2 spiro atoms. The van der Waals surface area contributed by atoms with Crippen LogP contribution < -0.4 is 26.6 Å². The van der Waals surface area contributed by atoms with E-state index in [0.29, 0.717) is 70.9 Å². The summed E-state index contributed by atoms with van der Waals surface area (Å²) < 4.78 is 16.3. The van der Waals surface area contributed by atoms with Gasteiger partial charge in [-0.25, -0.2) is 4.39 Å². The lowest BCUT2D eigenvalue weighted by atomic mass is 9.55. The minimum atomic E-state index is -1.38. The van der Waals surface area contributed by atoms with E-state index in [2.05, 4.69) is 38.4 Å². The Morgan fingerprint density at radius 3 is 2.52 bits per heavy atom. The van der Waals surface area contributed by atoms with E-state index in [1.165, 1.54) is 11.0 Å². The van der Waals surface area contributed by atoms with E-state index in [-0.39, 0.29) is 53.6 Å². The van der Waals surface area contributed by atoms with E-state index in [4.69, 9.17) is 23.2 Å². The van der Waals surface area contributed by atoms with Gasteiger partial charge in [0.25, 0.3) is 11.8 Å². The molecule has 0 bridgehead atoms. The van der Waals surface area contributed by atoms with Gasteiger partial charge in [-0.2, -0.15) is 0 Å². The van der Waals surface area contributed by atoms with Crippen LogP contribution in [0.5, 0.6) is 0 Å². The summed E-state index contributed by atoms with van der Waals surface area (Å²) in [5.74, 6) is 2.29. The van der Waals surface area contributed by atoms with Gasteiger partial charge in [0.05, 0.1) is 11.1 Å². The molecular formula is C48H43Cl2FN6O6. The molecule has 4 atom stereocenters. The average Bonchev–Trinajstić information content (AvgIpc) is 3.87. The lowest BCUT2D eigenvalue weighted by Crippen LogP contribution is -2.60. The fourth-order valence-electron chi connectivity index (χ4n) is 10.5. The van der Waals surface area contributed by atoms with Gasteiger partial charge in [0.1, 0.15) is 17.3 Å². The molecule has 4 aromatic rings. The predicted octanol–water partition coefficient (Wildman–Crippen LogP) is 6.74. The summed E-state index contributed by atoms with van der Waals surface area (Å²) in [7, 11) is 0. The van der Waals surface area contributed by atoms with Gasteiger partial charge in [-0.05, 0) is 90.9 Å². The van der Waals surface area contributed by atoms with Crippen LogP contribution in [-0.4, -0.2) is 64.5 Å². The molecule has 1 aliphatic carbocycles. The van der Waals surface area contributed by atoms with Gasteiger partial charge >= 0.3 is 0 Å². The molecule has 9 rings (SSSR count). The summed E-state index contributed by atoms with van der Waals surface area (Å²) in [6, 6.07) is 19.9. The smallest absolute Gasteiger partial charge is 0.255 e. The topological polar surface area (TPSA) is 166 Å². The van der Waals surface area contributed by atoms with Crippen molar-refractivity contribution >= 4 is 70.0 Å². The molecule has 5 N–H and O–H groups in total. The minimum absolute atomic E-state index is 0.121. The summed E-state index contributed by atoms with van der Waals surface area (Å²) in [4.78, 5) is 81.4. The van der Waals surface area contributed by atoms with Crippen LogP contribution in [0.2, 0.25) is 10.0 Å². The maximum atomic E-state index is 16.3. The number of hydrogen-bond donors (Lipinski definition) is 5. The molecule has 0 aromatic heterocycles. The van der Waals surface area contributed by atoms with Crippen molar-refractivity contribution in [3.63, 3.8) is 0 Å². The SMILES string of the molecule is O=C1CCC(N2Cc3c(C#CCCCNC(=O)c4cccc(NC(=O)[C@@H]5NC6(CCCCC6)[C@@]6(C(=O)Nc7cc(Cl)ccc76)[C@H]5c5cccc(Cl)c5F)c4)cccc3C2=O)C(=O)N1. The van der Waals surface area contributed by atoms with Crippen LogP contribution in [0.3, 0.4) is 0 Å². The fraction of sp³-hybridized carbons (Fsp3) is 0.333. The number of carbonyl (C=O) groups is 6. The maximum absolute atomic E-state index is 16.3. The molecule has 1 saturated carbocycles. The standard InChI is InChI=1S/C48H43Cl2FN6O6/c49-29-17-18-34-36(25-29)54-46(63)48(34)39(32-15-9-16-35(50)40(32)51)41(56-47(48)21-4-2-5-22-47)44(61)53-30-13-7-12-28(24-30)42(59)52-23-6-1-3-10-27-11-8-14-31-33(27)26-57(45(31)62)37-19-20-38(58)55-43(37)60/h7-9,11-18,24-25,37,39,41,56H,1-2,4-6,19-23,26H2,(H,52,59)(H,53,61)(H,54,63)(H,55,58,60)/t37?,39-,41+,48+/m0/s1. The first-order valence-electron chi connectivity index (χ1n) is 21.2. The van der Waals surface area contributed by atoms with Gasteiger partial charge < -0.3 is 20.9 Å². The predicted molar refractivity (Wildman–Crippen MR) is 235 cm³/mol. The van der Waals surface area contributed by atoms with Gasteiger partial charge in [-0.15, -0.1) is 0 Å². The number of carbonyl (C=O) groups excluding carboxylic acids is 6. The first-order valence-corrected chi connectivity index (χ1v) is 21.9. The van der Waals surface area contributed by atoms with Crippen molar-refractivity contribution in [3.05, 3.63) is 128 Å². The lowest BCUT2D eigenvalue weighted by Gasteiger charge is -2.47. The van der Waals surface area contributed by atoms with E-state index in [1.54, 1.807) is 66.7 Å². The lowest BCUT2D eigenvalue weighted by molar-refractivity contribution is -0.137. The number of imide groups is 1.